The summed E-state index contributed by atoms with van der Waals surface area (Å²) in [5.74, 6) is -3.53. The number of carbonyl (C=O) groups excluding carboxylic acids is 1. The van der Waals surface area contributed by atoms with Gasteiger partial charge in [-0.05, 0) is 13.8 Å². The number of methoxy groups -OCH3 is 1. The topological polar surface area (TPSA) is 236 Å². The Balaban J connectivity index is 2.04. The second-order valence-corrected chi connectivity index (χ2v) is 11.1. The van der Waals surface area contributed by atoms with Crippen molar-refractivity contribution in [3.05, 3.63) is 59.7 Å². The summed E-state index contributed by atoms with van der Waals surface area (Å²) < 4.78 is 28.5. The van der Waals surface area contributed by atoms with Crippen LogP contribution in [0.1, 0.15) is 13.8 Å². The first-order valence-corrected chi connectivity index (χ1v) is 14.7. The first kappa shape index (κ1) is 36.9. The number of aliphatic imine (C=N–C) groups is 1. The lowest BCUT2D eigenvalue weighted by Gasteiger charge is -2.44. The standard InChI is InChI=1S/C30H44N4O12/c1-6-17-18(8-7-16-11-34(9-10-35)12-19(26(39)40)22(16)33-30(31)32-4)20(27(41)42-5)14-43-28(17)46-29-25(44-15(2)3)24(38)23(37)21(13-36)45-29/h6-8,11,14-15,17-18,21,23-25,28-29,35-38H,1,9-10,12-13H2,2-5H3,(H,39,40)(H3,31,32,33)/p+1/b8-7-/t17-,18+,21-,23-,24+,25-,28+,29+/m1/s1. The van der Waals surface area contributed by atoms with Crippen molar-refractivity contribution < 1.29 is 63.7 Å². The summed E-state index contributed by atoms with van der Waals surface area (Å²) in [6.07, 6.45) is -0.564. The van der Waals surface area contributed by atoms with Crippen molar-refractivity contribution in [2.75, 3.05) is 40.5 Å². The van der Waals surface area contributed by atoms with E-state index in [-0.39, 0.29) is 42.5 Å². The van der Waals surface area contributed by atoms with Crippen molar-refractivity contribution in [2.45, 2.75) is 56.9 Å². The van der Waals surface area contributed by atoms with Crippen LogP contribution in [0.3, 0.4) is 0 Å². The quantitative estimate of drug-likeness (QED) is 0.0436. The van der Waals surface area contributed by atoms with Gasteiger partial charge in [0.2, 0.25) is 6.29 Å². The van der Waals surface area contributed by atoms with Gasteiger partial charge in [0.05, 0.1) is 55.5 Å². The molecule has 3 heterocycles. The van der Waals surface area contributed by atoms with Crippen LogP contribution in [0.15, 0.2) is 64.7 Å². The Morgan fingerprint density at radius 3 is 2.54 bits per heavy atom. The fourth-order valence-electron chi connectivity index (χ4n) is 5.35. The Bertz CT molecular complexity index is 1260. The number of carboxylic acid groups (broad SMARTS) is 1. The molecule has 1 unspecified atom stereocenters. The number of allylic oxidation sites excluding steroid dienone is 2. The average Bonchev–Trinajstić information content (AvgIpc) is 3.03. The SMILES string of the molecule is C=C[C@H]1[C@H](O[C@@H]2O[C@H](CO)[C@@H](O)[C@H](O)[C@H]2OC(C)C)OC=C(C(=O)OC)[C@H]1/C=C\C1=C[NH+](CCO)CC(C(=O)O)=C1NC(N)=NC. The van der Waals surface area contributed by atoms with Gasteiger partial charge >= 0.3 is 11.9 Å². The molecule has 0 radical (unpaired) electrons. The van der Waals surface area contributed by atoms with Crippen LogP contribution < -0.4 is 16.0 Å². The maximum atomic E-state index is 12.9. The third-order valence-corrected chi connectivity index (χ3v) is 7.65. The van der Waals surface area contributed by atoms with Crippen LogP contribution in [-0.2, 0) is 33.3 Å². The number of aliphatic carboxylic acids is 1. The maximum absolute atomic E-state index is 12.9. The van der Waals surface area contributed by atoms with Gasteiger partial charge in [0.25, 0.3) is 0 Å². The number of carbonyl (C=O) groups is 2. The summed E-state index contributed by atoms with van der Waals surface area (Å²) in [6, 6.07) is 0. The van der Waals surface area contributed by atoms with Crippen LogP contribution in [0.4, 0.5) is 0 Å². The average molecular weight is 654 g/mol. The van der Waals surface area contributed by atoms with E-state index in [0.717, 1.165) is 0 Å². The summed E-state index contributed by atoms with van der Waals surface area (Å²) in [7, 11) is 2.64. The number of rotatable bonds is 13. The number of nitrogens with one attached hydrogen (secondary N) is 2. The highest BCUT2D eigenvalue weighted by Gasteiger charge is 2.49. The molecule has 9 atom stereocenters. The molecule has 256 valence electrons. The minimum Gasteiger partial charge on any atom is -0.478 e. The number of nitrogens with two attached hydrogens (primary N) is 1. The molecule has 3 rings (SSSR count). The van der Waals surface area contributed by atoms with Gasteiger partial charge in [-0.25, -0.2) is 9.59 Å². The lowest BCUT2D eigenvalue weighted by Crippen LogP contribution is -3.09. The number of guanidine groups is 1. The van der Waals surface area contributed by atoms with Crippen molar-refractivity contribution in [3.63, 3.8) is 0 Å². The van der Waals surface area contributed by atoms with E-state index < -0.39 is 73.5 Å². The predicted octanol–water partition coefficient (Wildman–Crippen LogP) is -2.73. The molecule has 0 amide bonds. The van der Waals surface area contributed by atoms with E-state index in [1.165, 1.54) is 26.5 Å². The van der Waals surface area contributed by atoms with Crippen LogP contribution in [0, 0.1) is 11.8 Å². The number of hydrogen-bond acceptors (Lipinski definition) is 12. The number of aliphatic hydroxyl groups excluding tert-OH is 4. The number of nitrogens with zero attached hydrogens (tertiary/aromatic N) is 1. The highest BCUT2D eigenvalue weighted by atomic mass is 16.8. The van der Waals surface area contributed by atoms with Gasteiger partial charge in [-0.1, -0.05) is 18.2 Å². The van der Waals surface area contributed by atoms with Crippen molar-refractivity contribution in [3.8, 4) is 0 Å². The van der Waals surface area contributed by atoms with Crippen molar-refractivity contribution in [1.82, 2.24) is 5.32 Å². The second kappa shape index (κ2) is 16.8. The highest BCUT2D eigenvalue weighted by Crippen LogP contribution is 2.37. The Labute approximate surface area is 266 Å². The van der Waals surface area contributed by atoms with Crippen LogP contribution in [0.2, 0.25) is 0 Å². The fraction of sp³-hybridized carbons (Fsp3) is 0.567. The third kappa shape index (κ3) is 8.59. The van der Waals surface area contributed by atoms with Crippen molar-refractivity contribution in [2.24, 2.45) is 22.6 Å². The molecule has 0 aromatic rings. The van der Waals surface area contributed by atoms with Crippen LogP contribution >= 0.6 is 0 Å². The third-order valence-electron chi connectivity index (χ3n) is 7.65. The van der Waals surface area contributed by atoms with Crippen molar-refractivity contribution in [1.29, 1.82) is 0 Å². The zero-order valence-electron chi connectivity index (χ0n) is 26.2. The molecule has 1 saturated heterocycles. The summed E-state index contributed by atoms with van der Waals surface area (Å²) in [5, 5.41) is 53.3. The highest BCUT2D eigenvalue weighted by molar-refractivity contribution is 5.92. The number of quaternary nitrogens is 1. The lowest BCUT2D eigenvalue weighted by molar-refractivity contribution is -0.843. The smallest absolute Gasteiger partial charge is 0.339 e. The number of hydrogen-bond donors (Lipinski definition) is 8. The first-order chi connectivity index (χ1) is 21.9. The molecule has 3 aliphatic heterocycles. The van der Waals surface area contributed by atoms with Gasteiger partial charge in [-0.2, -0.15) is 0 Å². The molecule has 0 aliphatic carbocycles. The molecule has 9 N–H and O–H groups in total. The van der Waals surface area contributed by atoms with Gasteiger partial charge in [0, 0.05) is 13.0 Å². The van der Waals surface area contributed by atoms with Gasteiger partial charge in [0.15, 0.2) is 12.2 Å². The zero-order valence-corrected chi connectivity index (χ0v) is 26.2. The zero-order chi connectivity index (χ0) is 34.1. The molecule has 0 saturated carbocycles. The number of carboxylic acids is 1. The summed E-state index contributed by atoms with van der Waals surface area (Å²) in [4.78, 5) is 29.6. The number of esters is 1. The lowest BCUT2D eigenvalue weighted by atomic mass is 9.83. The number of aliphatic hydroxyl groups is 4. The monoisotopic (exact) mass is 653 g/mol. The van der Waals surface area contributed by atoms with Gasteiger partial charge in [-0.3, -0.25) is 4.99 Å². The molecule has 3 aliphatic rings. The number of ether oxygens (including phenoxy) is 5. The Morgan fingerprint density at radius 1 is 1.26 bits per heavy atom. The molecule has 0 aromatic carbocycles. The predicted molar refractivity (Wildman–Crippen MR) is 161 cm³/mol. The van der Waals surface area contributed by atoms with Crippen LogP contribution in [-0.4, -0.2) is 127 Å². The summed E-state index contributed by atoms with van der Waals surface area (Å²) in [5.41, 5.74) is 6.55. The second-order valence-electron chi connectivity index (χ2n) is 11.1. The molecule has 0 spiro atoms. The molecule has 0 aromatic heterocycles. The first-order valence-electron chi connectivity index (χ1n) is 14.7. The molecule has 0 bridgehead atoms. The van der Waals surface area contributed by atoms with E-state index in [4.69, 9.17) is 29.4 Å². The van der Waals surface area contributed by atoms with Gasteiger partial charge in [-0.15, -0.1) is 6.58 Å². The van der Waals surface area contributed by atoms with E-state index in [9.17, 15) is 35.1 Å². The van der Waals surface area contributed by atoms with E-state index in [1.54, 1.807) is 32.2 Å². The Hall–Kier alpha value is -3.61. The minimum absolute atomic E-state index is 0.000726. The maximum Gasteiger partial charge on any atom is 0.339 e. The fourth-order valence-corrected chi connectivity index (χ4v) is 5.35. The normalized spacial score (nSPS) is 32.1. The molecule has 16 nitrogen and oxygen atoms in total. The van der Waals surface area contributed by atoms with E-state index in [0.29, 0.717) is 10.5 Å². The molecule has 1 fully saturated rings. The molecule has 16 heteroatoms. The largest absolute Gasteiger partial charge is 0.478 e. The minimum atomic E-state index is -1.47. The van der Waals surface area contributed by atoms with Crippen LogP contribution in [0.25, 0.3) is 0 Å². The summed E-state index contributed by atoms with van der Waals surface area (Å²) in [6.45, 7) is 6.82. The summed E-state index contributed by atoms with van der Waals surface area (Å²) >= 11 is 0. The van der Waals surface area contributed by atoms with E-state index in [2.05, 4.69) is 16.9 Å². The molecular formula is C30H45N4O12+. The van der Waals surface area contributed by atoms with Crippen molar-refractivity contribution >= 4 is 17.9 Å². The Morgan fingerprint density at radius 2 is 1.98 bits per heavy atom. The van der Waals surface area contributed by atoms with Crippen LogP contribution in [0.5, 0.6) is 0 Å². The molecular weight excluding hydrogens is 608 g/mol. The van der Waals surface area contributed by atoms with E-state index >= 15 is 0 Å². The molecule has 46 heavy (non-hydrogen) atoms. The Kier molecular flexibility index (Phi) is 13.5. The van der Waals surface area contributed by atoms with Gasteiger partial charge < -0.3 is 65.2 Å². The van der Waals surface area contributed by atoms with E-state index in [1.807, 2.05) is 0 Å². The van der Waals surface area contributed by atoms with Gasteiger partial charge in [0.1, 0.15) is 49.3 Å².